The number of hydrogen-bond acceptors (Lipinski definition) is 5. The molecule has 0 fully saturated rings. The fraction of sp³-hybridized carbons (Fsp3) is 0.903. The second-order valence-corrected chi connectivity index (χ2v) is 10.9. The maximum Gasteiger partial charge on any atom is 0.346 e. The van der Waals surface area contributed by atoms with E-state index in [0.29, 0.717) is 12.8 Å². The number of aliphatic hydroxyl groups is 2. The Labute approximate surface area is 227 Å². The van der Waals surface area contributed by atoms with Crippen LogP contribution in [0.3, 0.4) is 0 Å². The minimum Gasteiger partial charge on any atom is -0.479 e. The first-order valence-electron chi connectivity index (χ1n) is 15.5. The maximum atomic E-state index is 12.5. The first-order valence-corrected chi connectivity index (χ1v) is 15.5. The Bertz CT molecular complexity index is 590. The first kappa shape index (κ1) is 35.7. The van der Waals surface area contributed by atoms with Crippen molar-refractivity contribution in [2.75, 3.05) is 0 Å². The molecule has 0 aliphatic heterocycles. The molecule has 0 aromatic carbocycles. The van der Waals surface area contributed by atoms with Crippen LogP contribution in [0.25, 0.3) is 0 Å². The van der Waals surface area contributed by atoms with Gasteiger partial charge in [-0.15, -0.1) is 0 Å². The number of carbonyl (C=O) groups excluding carboxylic acids is 2. The molecular weight excluding hydrogens is 468 g/mol. The van der Waals surface area contributed by atoms with Crippen molar-refractivity contribution in [1.29, 1.82) is 0 Å². The average Bonchev–Trinajstić information content (AvgIpc) is 2.88. The summed E-state index contributed by atoms with van der Waals surface area (Å²) >= 11 is 0. The third-order valence-corrected chi connectivity index (χ3v) is 7.49. The van der Waals surface area contributed by atoms with Gasteiger partial charge in [0.25, 0.3) is 5.60 Å². The third kappa shape index (κ3) is 17.0. The van der Waals surface area contributed by atoms with Crippen molar-refractivity contribution in [3.05, 3.63) is 0 Å². The lowest BCUT2D eigenvalue weighted by atomic mass is 9.85. The Morgan fingerprint density at radius 3 is 1.16 bits per heavy atom. The average molecular weight is 527 g/mol. The van der Waals surface area contributed by atoms with Gasteiger partial charge in [-0.05, 0) is 12.8 Å². The second-order valence-electron chi connectivity index (χ2n) is 10.9. The summed E-state index contributed by atoms with van der Waals surface area (Å²) in [5, 5.41) is 30.3. The van der Waals surface area contributed by atoms with Gasteiger partial charge in [-0.3, -0.25) is 9.59 Å². The predicted molar refractivity (Wildman–Crippen MR) is 151 cm³/mol. The lowest BCUT2D eigenvalue weighted by molar-refractivity contribution is -0.180. The Balaban J connectivity index is 4.12. The van der Waals surface area contributed by atoms with Crippen molar-refractivity contribution >= 4 is 17.5 Å². The number of carboxylic acids is 1. The Morgan fingerprint density at radius 2 is 0.838 bits per heavy atom. The molecule has 3 N–H and O–H groups in total. The molecule has 37 heavy (non-hydrogen) atoms. The van der Waals surface area contributed by atoms with E-state index in [0.717, 1.165) is 44.9 Å². The lowest BCUT2D eigenvalue weighted by Gasteiger charge is -2.26. The molecule has 0 aliphatic rings. The van der Waals surface area contributed by atoms with Gasteiger partial charge in [0.1, 0.15) is 0 Å². The molecule has 2 atom stereocenters. The maximum absolute atomic E-state index is 12.5. The molecule has 0 saturated carbocycles. The van der Waals surface area contributed by atoms with Crippen LogP contribution in [0.15, 0.2) is 0 Å². The minimum atomic E-state index is -3.05. The van der Waals surface area contributed by atoms with Crippen LogP contribution in [0, 0.1) is 0 Å². The van der Waals surface area contributed by atoms with Crippen molar-refractivity contribution in [3.8, 4) is 0 Å². The molecule has 0 saturated heterocycles. The SMILES string of the molecule is CCCCCCCCCCCCCC(=O)C(O)C(O)(C(=O)O)C(=O)CCCCCCCCCCCCC. The number of aliphatic carboxylic acids is 1. The molecule has 2 unspecified atom stereocenters. The van der Waals surface area contributed by atoms with Crippen molar-refractivity contribution in [2.45, 2.75) is 180 Å². The van der Waals surface area contributed by atoms with Crippen LogP contribution in [-0.2, 0) is 14.4 Å². The van der Waals surface area contributed by atoms with Gasteiger partial charge in [-0.2, -0.15) is 0 Å². The number of Topliss-reactive ketones (excluding diaryl/α,β-unsaturated/α-hetero) is 2. The van der Waals surface area contributed by atoms with Crippen LogP contribution >= 0.6 is 0 Å². The number of carbonyl (C=O) groups is 3. The normalized spacial score (nSPS) is 13.8. The van der Waals surface area contributed by atoms with Crippen LogP contribution < -0.4 is 0 Å². The highest BCUT2D eigenvalue weighted by Gasteiger charge is 2.52. The fourth-order valence-corrected chi connectivity index (χ4v) is 4.86. The summed E-state index contributed by atoms with van der Waals surface area (Å²) in [6, 6.07) is 0. The van der Waals surface area contributed by atoms with Gasteiger partial charge < -0.3 is 15.3 Å². The standard InChI is InChI=1S/C31H58O6/c1-3-5-7-9-11-13-15-17-19-21-23-25-27(32)29(34)31(37,30(35)36)28(33)26-24-22-20-18-16-14-12-10-8-6-4-2/h29,34,37H,3-26H2,1-2H3,(H,35,36). The number of ketones is 2. The van der Waals surface area contributed by atoms with Crippen LogP contribution in [0.5, 0.6) is 0 Å². The van der Waals surface area contributed by atoms with E-state index in [1.165, 1.54) is 83.5 Å². The van der Waals surface area contributed by atoms with Crippen LogP contribution in [0.4, 0.5) is 0 Å². The molecule has 0 spiro atoms. The minimum absolute atomic E-state index is 0.0283. The van der Waals surface area contributed by atoms with E-state index in [1.54, 1.807) is 0 Å². The molecule has 0 aromatic heterocycles. The molecule has 0 rings (SSSR count). The summed E-state index contributed by atoms with van der Waals surface area (Å²) in [7, 11) is 0. The van der Waals surface area contributed by atoms with E-state index in [9.17, 15) is 29.7 Å². The van der Waals surface area contributed by atoms with E-state index < -0.39 is 29.2 Å². The van der Waals surface area contributed by atoms with Crippen molar-refractivity contribution < 1.29 is 29.7 Å². The summed E-state index contributed by atoms with van der Waals surface area (Å²) in [5.74, 6) is -3.59. The smallest absolute Gasteiger partial charge is 0.346 e. The Hall–Kier alpha value is -1.27. The lowest BCUT2D eigenvalue weighted by Crippen LogP contribution is -2.58. The first-order chi connectivity index (χ1) is 17.8. The largest absolute Gasteiger partial charge is 0.479 e. The van der Waals surface area contributed by atoms with Gasteiger partial charge in [0.2, 0.25) is 0 Å². The number of carboxylic acid groups (broad SMARTS) is 1. The summed E-state index contributed by atoms with van der Waals surface area (Å²) in [4.78, 5) is 36.6. The molecule has 6 heteroatoms. The highest BCUT2D eigenvalue weighted by atomic mass is 16.4. The zero-order valence-electron chi connectivity index (χ0n) is 24.1. The molecule has 0 aliphatic carbocycles. The summed E-state index contributed by atoms with van der Waals surface area (Å²) in [6.45, 7) is 4.42. The third-order valence-electron chi connectivity index (χ3n) is 7.49. The van der Waals surface area contributed by atoms with E-state index >= 15 is 0 Å². The molecule has 0 amide bonds. The van der Waals surface area contributed by atoms with E-state index in [4.69, 9.17) is 0 Å². The monoisotopic (exact) mass is 526 g/mol. The number of rotatable bonds is 28. The number of aliphatic hydroxyl groups excluding tert-OH is 1. The molecule has 0 bridgehead atoms. The molecule has 0 aromatic rings. The van der Waals surface area contributed by atoms with Crippen molar-refractivity contribution in [3.63, 3.8) is 0 Å². The van der Waals surface area contributed by atoms with Gasteiger partial charge >= 0.3 is 5.97 Å². The molecular formula is C31H58O6. The quantitative estimate of drug-likeness (QED) is 0.0711. The number of unbranched alkanes of at least 4 members (excludes halogenated alkanes) is 20. The predicted octanol–water partition coefficient (Wildman–Crippen LogP) is 7.70. The number of hydrogen-bond donors (Lipinski definition) is 3. The zero-order valence-corrected chi connectivity index (χ0v) is 24.1. The summed E-state index contributed by atoms with van der Waals surface area (Å²) in [5.41, 5.74) is -3.05. The summed E-state index contributed by atoms with van der Waals surface area (Å²) < 4.78 is 0. The second kappa shape index (κ2) is 23.8. The molecule has 218 valence electrons. The van der Waals surface area contributed by atoms with Gasteiger partial charge in [-0.1, -0.05) is 142 Å². The van der Waals surface area contributed by atoms with Crippen LogP contribution in [-0.4, -0.2) is 44.6 Å². The fourth-order valence-electron chi connectivity index (χ4n) is 4.86. The van der Waals surface area contributed by atoms with Gasteiger partial charge in [-0.25, -0.2) is 4.79 Å². The highest BCUT2D eigenvalue weighted by Crippen LogP contribution is 2.21. The van der Waals surface area contributed by atoms with Gasteiger partial charge in [0.15, 0.2) is 17.7 Å². The van der Waals surface area contributed by atoms with Crippen molar-refractivity contribution in [2.24, 2.45) is 0 Å². The molecule has 6 nitrogen and oxygen atoms in total. The topological polar surface area (TPSA) is 112 Å². The highest BCUT2D eigenvalue weighted by molar-refractivity contribution is 6.11. The van der Waals surface area contributed by atoms with E-state index in [1.807, 2.05) is 0 Å². The molecule has 0 heterocycles. The van der Waals surface area contributed by atoms with Crippen LogP contribution in [0.2, 0.25) is 0 Å². The van der Waals surface area contributed by atoms with Gasteiger partial charge in [0, 0.05) is 12.8 Å². The van der Waals surface area contributed by atoms with Crippen LogP contribution in [0.1, 0.15) is 168 Å². The van der Waals surface area contributed by atoms with E-state index in [-0.39, 0.29) is 12.8 Å². The van der Waals surface area contributed by atoms with E-state index in [2.05, 4.69) is 13.8 Å². The zero-order chi connectivity index (χ0) is 27.8. The van der Waals surface area contributed by atoms with Gasteiger partial charge in [0.05, 0.1) is 0 Å². The van der Waals surface area contributed by atoms with Crippen molar-refractivity contribution in [1.82, 2.24) is 0 Å². The Kier molecular flexibility index (Phi) is 23.0. The summed E-state index contributed by atoms with van der Waals surface area (Å²) in [6.07, 6.45) is 21.9. The molecule has 0 radical (unpaired) electrons. The Morgan fingerprint density at radius 1 is 0.541 bits per heavy atom.